The lowest BCUT2D eigenvalue weighted by atomic mass is 9.99. The van der Waals surface area contributed by atoms with Crippen molar-refractivity contribution in [2.75, 3.05) is 20.2 Å². The first-order valence-electron chi connectivity index (χ1n) is 8.79. The van der Waals surface area contributed by atoms with Crippen LogP contribution in [-0.4, -0.2) is 32.0 Å². The first-order chi connectivity index (χ1) is 11.6. The topological polar surface area (TPSA) is 67.4 Å². The second kappa shape index (κ2) is 11.5. The van der Waals surface area contributed by atoms with Gasteiger partial charge in [-0.2, -0.15) is 0 Å². The van der Waals surface area contributed by atoms with Gasteiger partial charge in [-0.3, -0.25) is 9.59 Å². The van der Waals surface area contributed by atoms with Crippen molar-refractivity contribution < 1.29 is 14.3 Å². The Bertz CT molecular complexity index is 500. The molecule has 0 heterocycles. The number of nitrogens with one attached hydrogen (secondary N) is 2. The molecule has 1 atom stereocenters. The molecule has 2 amide bonds. The molecule has 0 aromatic heterocycles. The molecule has 5 heteroatoms. The molecule has 0 aliphatic carbocycles. The zero-order chi connectivity index (χ0) is 17.8. The molecule has 0 unspecified atom stereocenters. The molecule has 0 fully saturated rings. The van der Waals surface area contributed by atoms with Crippen LogP contribution in [0.4, 0.5) is 0 Å². The van der Waals surface area contributed by atoms with Gasteiger partial charge in [-0.25, -0.2) is 0 Å². The smallest absolute Gasteiger partial charge is 0.309 e. The Labute approximate surface area is 145 Å². The molecule has 0 aliphatic rings. The van der Waals surface area contributed by atoms with E-state index in [-0.39, 0.29) is 0 Å². The number of benzene rings is 1. The molecule has 0 saturated carbocycles. The monoisotopic (exact) mass is 334 g/mol. The van der Waals surface area contributed by atoms with Crippen LogP contribution in [0.2, 0.25) is 0 Å². The van der Waals surface area contributed by atoms with Gasteiger partial charge in [-0.1, -0.05) is 45.2 Å². The normalized spacial score (nSPS) is 11.6. The van der Waals surface area contributed by atoms with Crippen molar-refractivity contribution in [1.82, 2.24) is 10.6 Å². The fraction of sp³-hybridized carbons (Fsp3) is 0.579. The van der Waals surface area contributed by atoms with Gasteiger partial charge in [0.15, 0.2) is 0 Å². The van der Waals surface area contributed by atoms with Gasteiger partial charge in [0.25, 0.3) is 0 Å². The minimum Gasteiger partial charge on any atom is -0.497 e. The van der Waals surface area contributed by atoms with Gasteiger partial charge < -0.3 is 15.4 Å². The van der Waals surface area contributed by atoms with Gasteiger partial charge in [0.05, 0.1) is 7.11 Å². The van der Waals surface area contributed by atoms with Crippen molar-refractivity contribution in [1.29, 1.82) is 0 Å². The van der Waals surface area contributed by atoms with E-state index in [1.165, 1.54) is 0 Å². The summed E-state index contributed by atoms with van der Waals surface area (Å²) in [6.07, 6.45) is 5.08. The summed E-state index contributed by atoms with van der Waals surface area (Å²) in [7, 11) is 1.62. The molecule has 134 valence electrons. The first-order valence-corrected chi connectivity index (χ1v) is 8.79. The molecular formula is C19H30N2O3. The van der Waals surface area contributed by atoms with E-state index in [9.17, 15) is 9.59 Å². The molecule has 0 saturated heterocycles. The quantitative estimate of drug-likeness (QED) is 0.647. The number of carbonyl (C=O) groups is 2. The second-order valence-electron chi connectivity index (χ2n) is 5.98. The Balaban J connectivity index is 2.26. The summed E-state index contributed by atoms with van der Waals surface area (Å²) >= 11 is 0. The second-order valence-corrected chi connectivity index (χ2v) is 5.98. The Morgan fingerprint density at radius 1 is 1.08 bits per heavy atom. The maximum atomic E-state index is 11.8. The number of hydrogen-bond acceptors (Lipinski definition) is 3. The van der Waals surface area contributed by atoms with Crippen LogP contribution in [0.5, 0.6) is 5.75 Å². The zero-order valence-electron chi connectivity index (χ0n) is 15.1. The summed E-state index contributed by atoms with van der Waals surface area (Å²) in [4.78, 5) is 23.6. The molecular weight excluding hydrogens is 304 g/mol. The van der Waals surface area contributed by atoms with Crippen molar-refractivity contribution in [3.05, 3.63) is 29.8 Å². The largest absolute Gasteiger partial charge is 0.497 e. The lowest BCUT2D eigenvalue weighted by molar-refractivity contribution is -0.139. The highest BCUT2D eigenvalue weighted by atomic mass is 16.5. The van der Waals surface area contributed by atoms with E-state index < -0.39 is 11.8 Å². The number of unbranched alkanes of at least 4 members (excludes halogenated alkanes) is 1. The average molecular weight is 334 g/mol. The number of rotatable bonds is 10. The van der Waals surface area contributed by atoms with Crippen LogP contribution >= 0.6 is 0 Å². The minimum absolute atomic E-state index is 0.436. The van der Waals surface area contributed by atoms with E-state index in [0.29, 0.717) is 25.4 Å². The average Bonchev–Trinajstić information content (AvgIpc) is 2.62. The summed E-state index contributed by atoms with van der Waals surface area (Å²) in [5, 5.41) is 5.40. The highest BCUT2D eigenvalue weighted by Crippen LogP contribution is 2.12. The lowest BCUT2D eigenvalue weighted by Gasteiger charge is -2.15. The summed E-state index contributed by atoms with van der Waals surface area (Å²) < 4.78 is 5.10. The molecule has 0 aliphatic heterocycles. The van der Waals surface area contributed by atoms with Gasteiger partial charge >= 0.3 is 11.8 Å². The number of ether oxygens (including phenoxy) is 1. The van der Waals surface area contributed by atoms with Crippen LogP contribution in [0.25, 0.3) is 0 Å². The molecule has 2 N–H and O–H groups in total. The molecule has 24 heavy (non-hydrogen) atoms. The summed E-state index contributed by atoms with van der Waals surface area (Å²) in [6.45, 7) is 5.27. The third kappa shape index (κ3) is 7.49. The van der Waals surface area contributed by atoms with Crippen LogP contribution in [0.3, 0.4) is 0 Å². The summed E-state index contributed by atoms with van der Waals surface area (Å²) in [5.41, 5.74) is 1.09. The fourth-order valence-electron chi connectivity index (χ4n) is 2.45. The van der Waals surface area contributed by atoms with Crippen LogP contribution < -0.4 is 15.4 Å². The maximum Gasteiger partial charge on any atom is 0.309 e. The molecule has 0 radical (unpaired) electrons. The van der Waals surface area contributed by atoms with Crippen molar-refractivity contribution in [3.63, 3.8) is 0 Å². The molecule has 1 aromatic carbocycles. The number of methoxy groups -OCH3 is 1. The summed E-state index contributed by atoms with van der Waals surface area (Å²) in [5.74, 6) is 0.144. The Hall–Kier alpha value is -2.04. The fourth-order valence-corrected chi connectivity index (χ4v) is 2.45. The van der Waals surface area contributed by atoms with E-state index in [2.05, 4.69) is 24.5 Å². The third-order valence-electron chi connectivity index (χ3n) is 4.16. The summed E-state index contributed by atoms with van der Waals surface area (Å²) in [6, 6.07) is 7.66. The van der Waals surface area contributed by atoms with Gasteiger partial charge in [0, 0.05) is 13.1 Å². The van der Waals surface area contributed by atoms with Crippen molar-refractivity contribution in [2.45, 2.75) is 46.0 Å². The van der Waals surface area contributed by atoms with Gasteiger partial charge in [0.2, 0.25) is 0 Å². The van der Waals surface area contributed by atoms with E-state index in [1.807, 2.05) is 24.3 Å². The van der Waals surface area contributed by atoms with Crippen LogP contribution in [0, 0.1) is 5.92 Å². The zero-order valence-corrected chi connectivity index (χ0v) is 15.1. The first kappa shape index (κ1) is 20.0. The van der Waals surface area contributed by atoms with Crippen molar-refractivity contribution in [3.8, 4) is 5.75 Å². The minimum atomic E-state index is -0.561. The Morgan fingerprint density at radius 3 is 2.33 bits per heavy atom. The van der Waals surface area contributed by atoms with Gasteiger partial charge in [-0.15, -0.1) is 0 Å². The van der Waals surface area contributed by atoms with Gasteiger partial charge in [0.1, 0.15) is 5.75 Å². The predicted octanol–water partition coefficient (Wildman–Crippen LogP) is 2.69. The third-order valence-corrected chi connectivity index (χ3v) is 4.16. The van der Waals surface area contributed by atoms with E-state index in [0.717, 1.165) is 37.0 Å². The van der Waals surface area contributed by atoms with E-state index in [4.69, 9.17) is 4.74 Å². The number of carbonyl (C=O) groups excluding carboxylic acids is 2. The predicted molar refractivity (Wildman–Crippen MR) is 96.0 cm³/mol. The van der Waals surface area contributed by atoms with Crippen LogP contribution in [0.1, 0.15) is 45.1 Å². The van der Waals surface area contributed by atoms with E-state index >= 15 is 0 Å². The molecule has 0 bridgehead atoms. The molecule has 1 rings (SSSR count). The van der Waals surface area contributed by atoms with Crippen molar-refractivity contribution in [2.24, 2.45) is 5.92 Å². The van der Waals surface area contributed by atoms with Crippen LogP contribution in [-0.2, 0) is 16.0 Å². The number of amides is 2. The van der Waals surface area contributed by atoms with Gasteiger partial charge in [-0.05, 0) is 36.5 Å². The van der Waals surface area contributed by atoms with Crippen LogP contribution in [0.15, 0.2) is 24.3 Å². The van der Waals surface area contributed by atoms with Crippen molar-refractivity contribution >= 4 is 11.8 Å². The molecule has 0 spiro atoms. The number of hydrogen-bond donors (Lipinski definition) is 2. The Kier molecular flexibility index (Phi) is 9.58. The molecule has 5 nitrogen and oxygen atoms in total. The highest BCUT2D eigenvalue weighted by molar-refractivity contribution is 6.35. The SMILES string of the molecule is CCCC[C@H](CC)CNC(=O)C(=O)NCCc1ccc(OC)cc1. The highest BCUT2D eigenvalue weighted by Gasteiger charge is 2.14. The lowest BCUT2D eigenvalue weighted by Crippen LogP contribution is -2.42. The standard InChI is InChI=1S/C19H30N2O3/c1-4-6-7-15(5-2)14-21-19(23)18(22)20-13-12-16-8-10-17(24-3)11-9-16/h8-11,15H,4-7,12-14H2,1-3H3,(H,20,22)(H,21,23)/t15-/m0/s1. The maximum absolute atomic E-state index is 11.8. The Morgan fingerprint density at radius 2 is 1.75 bits per heavy atom. The van der Waals surface area contributed by atoms with E-state index in [1.54, 1.807) is 7.11 Å². The molecule has 1 aromatic rings.